The Kier molecular flexibility index (Phi) is 7.35. The Morgan fingerprint density at radius 2 is 1.88 bits per heavy atom. The van der Waals surface area contributed by atoms with Crippen LogP contribution in [-0.2, 0) is 24.3 Å². The lowest BCUT2D eigenvalue weighted by molar-refractivity contribution is -0.125. The minimum absolute atomic E-state index is 0.0644. The highest BCUT2D eigenvalue weighted by Crippen LogP contribution is 2.31. The smallest absolute Gasteiger partial charge is 0.342 e. The van der Waals surface area contributed by atoms with Crippen molar-refractivity contribution in [2.45, 2.75) is 17.4 Å². The molecule has 1 N–H and O–H groups in total. The largest absolute Gasteiger partial charge is 0.496 e. The molecule has 182 valence electrons. The maximum absolute atomic E-state index is 13.0. The number of esters is 1. The number of methoxy groups -OCH3 is 1. The predicted octanol–water partition coefficient (Wildman–Crippen LogP) is 1.51. The lowest BCUT2D eigenvalue weighted by Gasteiger charge is -2.26. The van der Waals surface area contributed by atoms with Gasteiger partial charge >= 0.3 is 5.97 Å². The number of rotatable bonds is 7. The average Bonchev–Trinajstić information content (AvgIpc) is 2.87. The number of ether oxygens (including phenoxy) is 4. The number of carbonyl (C=O) groups is 2. The second-order valence-electron chi connectivity index (χ2n) is 7.75. The fraction of sp³-hybridized carbons (Fsp3) is 0.391. The number of nitrogens with one attached hydrogen (secondary N) is 1. The van der Waals surface area contributed by atoms with Gasteiger partial charge in [-0.15, -0.1) is 0 Å². The van der Waals surface area contributed by atoms with Crippen molar-refractivity contribution in [3.05, 3.63) is 53.6 Å². The van der Waals surface area contributed by atoms with E-state index in [0.29, 0.717) is 32.0 Å². The standard InChI is InChI=1S/C23H26N2O8S/c1-30-20-7-6-16(34(28,29)25-9-12-31-13-10-25)14-18(20)23(27)33-15-22(26)24-19-8-11-32-21-5-3-2-4-17(19)21/h2-7,14,19H,8-13,15H2,1H3,(H,24,26)/t19-/m0/s1. The number of hydrogen-bond donors (Lipinski definition) is 1. The fourth-order valence-corrected chi connectivity index (χ4v) is 5.31. The third-order valence-electron chi connectivity index (χ3n) is 5.63. The minimum Gasteiger partial charge on any atom is -0.496 e. The van der Waals surface area contributed by atoms with Crippen LogP contribution in [0.3, 0.4) is 0 Å². The molecule has 11 heteroatoms. The molecule has 0 unspecified atom stereocenters. The molecule has 2 aliphatic rings. The van der Waals surface area contributed by atoms with Crippen LogP contribution < -0.4 is 14.8 Å². The van der Waals surface area contributed by atoms with Gasteiger partial charge in [-0.3, -0.25) is 4.79 Å². The van der Waals surface area contributed by atoms with Crippen LogP contribution in [-0.4, -0.2) is 71.2 Å². The molecule has 2 heterocycles. The number of amides is 1. The normalized spacial score (nSPS) is 18.3. The summed E-state index contributed by atoms with van der Waals surface area (Å²) in [6, 6.07) is 11.1. The molecule has 1 fully saturated rings. The summed E-state index contributed by atoms with van der Waals surface area (Å²) in [6.07, 6.45) is 0.589. The Morgan fingerprint density at radius 3 is 2.65 bits per heavy atom. The molecule has 0 aliphatic carbocycles. The van der Waals surface area contributed by atoms with Gasteiger partial charge in [-0.2, -0.15) is 4.31 Å². The predicted molar refractivity (Wildman–Crippen MR) is 120 cm³/mol. The summed E-state index contributed by atoms with van der Waals surface area (Å²) in [6.45, 7) is 0.993. The van der Waals surface area contributed by atoms with Crippen molar-refractivity contribution in [1.82, 2.24) is 9.62 Å². The highest BCUT2D eigenvalue weighted by molar-refractivity contribution is 7.89. The van der Waals surface area contributed by atoms with Crippen LogP contribution in [0, 0.1) is 0 Å². The van der Waals surface area contributed by atoms with Gasteiger partial charge in [-0.25, -0.2) is 13.2 Å². The van der Waals surface area contributed by atoms with E-state index in [4.69, 9.17) is 18.9 Å². The van der Waals surface area contributed by atoms with Crippen LogP contribution in [0.25, 0.3) is 0 Å². The quantitative estimate of drug-likeness (QED) is 0.580. The lowest BCUT2D eigenvalue weighted by atomic mass is 10.0. The van der Waals surface area contributed by atoms with Crippen LogP contribution >= 0.6 is 0 Å². The molecule has 2 aromatic rings. The summed E-state index contributed by atoms with van der Waals surface area (Å²) in [7, 11) is -2.46. The molecule has 1 atom stereocenters. The second kappa shape index (κ2) is 10.4. The number of morpholine rings is 1. The molecular formula is C23H26N2O8S. The SMILES string of the molecule is COc1ccc(S(=O)(=O)N2CCOCC2)cc1C(=O)OCC(=O)N[C@H]1CCOc2ccccc21. The maximum Gasteiger partial charge on any atom is 0.342 e. The summed E-state index contributed by atoms with van der Waals surface area (Å²) < 4.78 is 48.4. The first-order valence-corrected chi connectivity index (χ1v) is 12.3. The van der Waals surface area contributed by atoms with E-state index in [1.54, 1.807) is 0 Å². The Labute approximate surface area is 197 Å². The fourth-order valence-electron chi connectivity index (χ4n) is 3.88. The van der Waals surface area contributed by atoms with Gasteiger partial charge in [-0.05, 0) is 24.3 Å². The van der Waals surface area contributed by atoms with Gasteiger partial charge in [-0.1, -0.05) is 18.2 Å². The molecule has 4 rings (SSSR count). The van der Waals surface area contributed by atoms with Crippen LogP contribution in [0.2, 0.25) is 0 Å². The van der Waals surface area contributed by atoms with E-state index in [1.165, 1.54) is 29.6 Å². The van der Waals surface area contributed by atoms with Gasteiger partial charge < -0.3 is 24.3 Å². The van der Waals surface area contributed by atoms with Crippen LogP contribution in [0.15, 0.2) is 47.4 Å². The van der Waals surface area contributed by atoms with Crippen LogP contribution in [0.5, 0.6) is 11.5 Å². The number of hydrogen-bond acceptors (Lipinski definition) is 8. The molecule has 0 saturated carbocycles. The molecule has 0 spiro atoms. The van der Waals surface area contributed by atoms with Crippen LogP contribution in [0.1, 0.15) is 28.4 Å². The zero-order chi connectivity index (χ0) is 24.1. The lowest BCUT2D eigenvalue weighted by Crippen LogP contribution is -2.40. The monoisotopic (exact) mass is 490 g/mol. The molecule has 0 bridgehead atoms. The number of benzene rings is 2. The molecule has 10 nitrogen and oxygen atoms in total. The number of para-hydroxylation sites is 1. The number of sulfonamides is 1. The van der Waals surface area contributed by atoms with E-state index in [2.05, 4.69) is 5.32 Å². The van der Waals surface area contributed by atoms with Gasteiger partial charge in [0.1, 0.15) is 17.1 Å². The zero-order valence-corrected chi connectivity index (χ0v) is 19.5. The molecular weight excluding hydrogens is 464 g/mol. The first-order valence-electron chi connectivity index (χ1n) is 10.8. The Hall–Kier alpha value is -3.15. The van der Waals surface area contributed by atoms with Crippen molar-refractivity contribution in [2.24, 2.45) is 0 Å². The van der Waals surface area contributed by atoms with E-state index < -0.39 is 28.5 Å². The van der Waals surface area contributed by atoms with Crippen molar-refractivity contribution >= 4 is 21.9 Å². The van der Waals surface area contributed by atoms with Crippen molar-refractivity contribution < 1.29 is 37.0 Å². The number of carbonyl (C=O) groups excluding carboxylic acids is 2. The van der Waals surface area contributed by atoms with Gasteiger partial charge in [0, 0.05) is 25.1 Å². The number of fused-ring (bicyclic) bond motifs is 1. The molecule has 1 saturated heterocycles. The first kappa shape index (κ1) is 24.0. The zero-order valence-electron chi connectivity index (χ0n) is 18.7. The molecule has 1 amide bonds. The summed E-state index contributed by atoms with van der Waals surface area (Å²) in [4.78, 5) is 25.1. The maximum atomic E-state index is 13.0. The number of nitrogens with zero attached hydrogens (tertiary/aromatic N) is 1. The molecule has 0 aromatic heterocycles. The van der Waals surface area contributed by atoms with Gasteiger partial charge in [0.15, 0.2) is 6.61 Å². The van der Waals surface area contributed by atoms with Crippen molar-refractivity contribution in [1.29, 1.82) is 0 Å². The Bertz CT molecular complexity index is 1160. The molecule has 34 heavy (non-hydrogen) atoms. The van der Waals surface area contributed by atoms with Crippen LogP contribution in [0.4, 0.5) is 0 Å². The summed E-state index contributed by atoms with van der Waals surface area (Å²) >= 11 is 0. The summed E-state index contributed by atoms with van der Waals surface area (Å²) in [5, 5.41) is 2.85. The van der Waals surface area contributed by atoms with E-state index in [9.17, 15) is 18.0 Å². The van der Waals surface area contributed by atoms with E-state index in [-0.39, 0.29) is 35.3 Å². The molecule has 0 radical (unpaired) electrons. The summed E-state index contributed by atoms with van der Waals surface area (Å²) in [5.41, 5.74) is 0.775. The first-order chi connectivity index (χ1) is 16.4. The van der Waals surface area contributed by atoms with Crippen molar-refractivity contribution in [3.63, 3.8) is 0 Å². The van der Waals surface area contributed by atoms with E-state index in [0.717, 1.165) is 5.56 Å². The molecule has 2 aromatic carbocycles. The third-order valence-corrected chi connectivity index (χ3v) is 7.52. The van der Waals surface area contributed by atoms with E-state index in [1.807, 2.05) is 24.3 Å². The van der Waals surface area contributed by atoms with Crippen molar-refractivity contribution in [2.75, 3.05) is 46.6 Å². The van der Waals surface area contributed by atoms with Crippen molar-refractivity contribution in [3.8, 4) is 11.5 Å². The average molecular weight is 491 g/mol. The summed E-state index contributed by atoms with van der Waals surface area (Å²) in [5.74, 6) is -0.492. The highest BCUT2D eigenvalue weighted by Gasteiger charge is 2.29. The van der Waals surface area contributed by atoms with Gasteiger partial charge in [0.05, 0.1) is 37.9 Å². The van der Waals surface area contributed by atoms with Gasteiger partial charge in [0.2, 0.25) is 10.0 Å². The Balaban J connectivity index is 1.43. The van der Waals surface area contributed by atoms with Gasteiger partial charge in [0.25, 0.3) is 5.91 Å². The molecule has 2 aliphatic heterocycles. The van der Waals surface area contributed by atoms with E-state index >= 15 is 0 Å². The minimum atomic E-state index is -3.82. The topological polar surface area (TPSA) is 120 Å². The third kappa shape index (κ3) is 5.16. The second-order valence-corrected chi connectivity index (χ2v) is 9.69. The highest BCUT2D eigenvalue weighted by atomic mass is 32.2. The Morgan fingerprint density at radius 1 is 1.12 bits per heavy atom.